The van der Waals surface area contributed by atoms with E-state index < -0.39 is 8.32 Å². The van der Waals surface area contributed by atoms with Gasteiger partial charge in [0.25, 0.3) is 0 Å². The third-order valence-corrected chi connectivity index (χ3v) is 9.90. The second-order valence-electron chi connectivity index (χ2n) is 8.78. The summed E-state index contributed by atoms with van der Waals surface area (Å²) in [5, 5.41) is 8.52. The van der Waals surface area contributed by atoms with Crippen LogP contribution in [0.25, 0.3) is 0 Å². The van der Waals surface area contributed by atoms with Gasteiger partial charge in [0, 0.05) is 5.56 Å². The molecule has 1 heterocycles. The molecule has 0 aliphatic rings. The summed E-state index contributed by atoms with van der Waals surface area (Å²) in [5.74, 6) is 6.26. The predicted molar refractivity (Wildman–Crippen MR) is 120 cm³/mol. The summed E-state index contributed by atoms with van der Waals surface area (Å²) in [6, 6.07) is 18.4. The van der Waals surface area contributed by atoms with E-state index >= 15 is 0 Å². The van der Waals surface area contributed by atoms with Crippen molar-refractivity contribution >= 4 is 8.32 Å². The van der Waals surface area contributed by atoms with Gasteiger partial charge in [-0.1, -0.05) is 74.4 Å². The summed E-state index contributed by atoms with van der Waals surface area (Å²) in [4.78, 5) is 0. The van der Waals surface area contributed by atoms with Crippen molar-refractivity contribution in [1.82, 2.24) is 15.0 Å². The highest BCUT2D eigenvalue weighted by Crippen LogP contribution is 2.37. The van der Waals surface area contributed by atoms with Gasteiger partial charge in [-0.2, -0.15) is 0 Å². The zero-order valence-electron chi connectivity index (χ0n) is 17.9. The van der Waals surface area contributed by atoms with Gasteiger partial charge in [0.05, 0.1) is 19.3 Å². The molecule has 2 aromatic carbocycles. The Kier molecular flexibility index (Phi) is 6.36. The smallest absolute Gasteiger partial charge is 0.192 e. The molecule has 0 unspecified atom stereocenters. The lowest BCUT2D eigenvalue weighted by Crippen LogP contribution is -2.40. The second-order valence-corrected chi connectivity index (χ2v) is 13.6. The number of aromatic nitrogens is 3. The normalized spacial score (nSPS) is 11.8. The Hall–Kier alpha value is -2.68. The van der Waals surface area contributed by atoms with Crippen LogP contribution in [-0.2, 0) is 17.6 Å². The van der Waals surface area contributed by atoms with Crippen LogP contribution in [-0.4, -0.2) is 23.3 Å². The van der Waals surface area contributed by atoms with Crippen molar-refractivity contribution < 1.29 is 4.43 Å². The summed E-state index contributed by atoms with van der Waals surface area (Å²) in [6.45, 7) is 12.7. The zero-order chi connectivity index (χ0) is 20.9. The molecule has 5 heteroatoms. The Morgan fingerprint density at radius 2 is 1.62 bits per heavy atom. The standard InChI is InChI=1S/C24H29N3OSi/c1-24(2,3)29(4,5)28-19-22-13-11-20(12-14-22)15-16-23-18-27(26-25-23)17-21-9-7-6-8-10-21/h6-14,18H,17,19H2,1-5H3. The number of hydrogen-bond acceptors (Lipinski definition) is 3. The predicted octanol–water partition coefficient (Wildman–Crippen LogP) is 5.25. The van der Waals surface area contributed by atoms with Crippen molar-refractivity contribution in [1.29, 1.82) is 0 Å². The Morgan fingerprint density at radius 1 is 0.931 bits per heavy atom. The van der Waals surface area contributed by atoms with Crippen molar-refractivity contribution in [2.75, 3.05) is 0 Å². The summed E-state index contributed by atoms with van der Waals surface area (Å²) in [7, 11) is -1.73. The molecule has 3 rings (SSSR count). The van der Waals surface area contributed by atoms with Gasteiger partial charge in [0.2, 0.25) is 0 Å². The molecule has 3 aromatic rings. The number of hydrogen-bond donors (Lipinski definition) is 0. The Morgan fingerprint density at radius 3 is 2.28 bits per heavy atom. The van der Waals surface area contributed by atoms with E-state index in [2.05, 4.69) is 80.3 Å². The van der Waals surface area contributed by atoms with E-state index in [1.54, 1.807) is 4.68 Å². The van der Waals surface area contributed by atoms with Crippen LogP contribution >= 0.6 is 0 Å². The number of benzene rings is 2. The molecule has 150 valence electrons. The molecule has 1 aromatic heterocycles. The highest BCUT2D eigenvalue weighted by atomic mass is 28.4. The van der Waals surface area contributed by atoms with Crippen molar-refractivity contribution in [2.45, 2.75) is 52.1 Å². The number of nitrogens with zero attached hydrogens (tertiary/aromatic N) is 3. The van der Waals surface area contributed by atoms with Gasteiger partial charge in [0.15, 0.2) is 14.0 Å². The molecule has 0 saturated heterocycles. The topological polar surface area (TPSA) is 39.9 Å². The molecule has 0 aliphatic carbocycles. The molecular formula is C24H29N3OSi. The van der Waals surface area contributed by atoms with E-state index in [-0.39, 0.29) is 5.04 Å². The molecule has 0 bridgehead atoms. The molecule has 0 atom stereocenters. The first-order valence-electron chi connectivity index (χ1n) is 9.92. The van der Waals surface area contributed by atoms with Crippen molar-refractivity contribution in [3.63, 3.8) is 0 Å². The van der Waals surface area contributed by atoms with E-state index in [4.69, 9.17) is 4.43 Å². The van der Waals surface area contributed by atoms with Gasteiger partial charge in [-0.25, -0.2) is 4.68 Å². The minimum absolute atomic E-state index is 0.219. The molecule has 4 nitrogen and oxygen atoms in total. The highest BCUT2D eigenvalue weighted by Gasteiger charge is 2.36. The van der Waals surface area contributed by atoms with Crippen LogP contribution in [0, 0.1) is 11.8 Å². The first-order chi connectivity index (χ1) is 13.7. The van der Waals surface area contributed by atoms with Gasteiger partial charge in [0.1, 0.15) is 0 Å². The largest absolute Gasteiger partial charge is 0.413 e. The lowest BCUT2D eigenvalue weighted by molar-refractivity contribution is 0.276. The van der Waals surface area contributed by atoms with Gasteiger partial charge in [-0.3, -0.25) is 0 Å². The van der Waals surface area contributed by atoms with Crippen LogP contribution in [0.1, 0.15) is 43.2 Å². The third-order valence-electron chi connectivity index (χ3n) is 5.42. The molecule has 0 spiro atoms. The summed E-state index contributed by atoms with van der Waals surface area (Å²) < 4.78 is 8.09. The minimum atomic E-state index is -1.73. The maximum absolute atomic E-state index is 6.28. The molecule has 0 aliphatic heterocycles. The first-order valence-corrected chi connectivity index (χ1v) is 12.8. The molecule has 0 radical (unpaired) electrons. The average molecular weight is 404 g/mol. The maximum Gasteiger partial charge on any atom is 0.192 e. The molecular weight excluding hydrogens is 374 g/mol. The lowest BCUT2D eigenvalue weighted by Gasteiger charge is -2.36. The fourth-order valence-electron chi connectivity index (χ4n) is 2.50. The Bertz CT molecular complexity index is 990. The summed E-state index contributed by atoms with van der Waals surface area (Å²) in [6.07, 6.45) is 1.88. The molecule has 0 amide bonds. The van der Waals surface area contributed by atoms with E-state index in [9.17, 15) is 0 Å². The lowest BCUT2D eigenvalue weighted by atomic mass is 10.1. The van der Waals surface area contributed by atoms with Gasteiger partial charge in [-0.15, -0.1) is 5.10 Å². The molecule has 0 saturated carbocycles. The van der Waals surface area contributed by atoms with E-state index in [0.29, 0.717) is 18.8 Å². The van der Waals surface area contributed by atoms with E-state index in [0.717, 1.165) is 5.56 Å². The quantitative estimate of drug-likeness (QED) is 0.432. The van der Waals surface area contributed by atoms with Crippen molar-refractivity contribution in [3.05, 3.63) is 83.2 Å². The summed E-state index contributed by atoms with van der Waals surface area (Å²) in [5.41, 5.74) is 3.99. The average Bonchev–Trinajstić information content (AvgIpc) is 3.13. The second kappa shape index (κ2) is 8.77. The fraction of sp³-hybridized carbons (Fsp3) is 0.333. The van der Waals surface area contributed by atoms with Crippen LogP contribution in [0.4, 0.5) is 0 Å². The fourth-order valence-corrected chi connectivity index (χ4v) is 3.46. The van der Waals surface area contributed by atoms with Crippen LogP contribution < -0.4 is 0 Å². The first kappa shape index (κ1) is 21.0. The number of rotatable bonds is 5. The molecule has 29 heavy (non-hydrogen) atoms. The summed E-state index contributed by atoms with van der Waals surface area (Å²) >= 11 is 0. The van der Waals surface area contributed by atoms with E-state index in [1.807, 2.05) is 36.5 Å². The van der Waals surface area contributed by atoms with E-state index in [1.165, 1.54) is 11.1 Å². The van der Waals surface area contributed by atoms with Crippen molar-refractivity contribution in [3.8, 4) is 11.8 Å². The molecule has 0 N–H and O–H groups in total. The zero-order valence-corrected chi connectivity index (χ0v) is 18.9. The van der Waals surface area contributed by atoms with Crippen molar-refractivity contribution in [2.24, 2.45) is 0 Å². The van der Waals surface area contributed by atoms with Crippen LogP contribution in [0.3, 0.4) is 0 Å². The monoisotopic (exact) mass is 403 g/mol. The van der Waals surface area contributed by atoms with Gasteiger partial charge < -0.3 is 4.43 Å². The van der Waals surface area contributed by atoms with Gasteiger partial charge >= 0.3 is 0 Å². The maximum atomic E-state index is 6.28. The van der Waals surface area contributed by atoms with Crippen LogP contribution in [0.2, 0.25) is 18.1 Å². The minimum Gasteiger partial charge on any atom is -0.413 e. The highest BCUT2D eigenvalue weighted by molar-refractivity contribution is 6.74. The van der Waals surface area contributed by atoms with Crippen LogP contribution in [0.5, 0.6) is 0 Å². The van der Waals surface area contributed by atoms with Crippen LogP contribution in [0.15, 0.2) is 60.8 Å². The third kappa shape index (κ3) is 5.90. The van der Waals surface area contributed by atoms with Gasteiger partial charge in [-0.05, 0) is 47.3 Å². The SMILES string of the molecule is CC(C)(C)[Si](C)(C)OCc1ccc(C#Cc2cn(Cc3ccccc3)nn2)cc1. The Labute approximate surface area is 175 Å². The Balaban J connectivity index is 1.59. The molecule has 0 fully saturated rings.